The summed E-state index contributed by atoms with van der Waals surface area (Å²) in [6, 6.07) is 16.0. The first-order valence-electron chi connectivity index (χ1n) is 9.80. The largest absolute Gasteiger partial charge is 0.357 e. The Labute approximate surface area is 171 Å². The van der Waals surface area contributed by atoms with Crippen LogP contribution in [0.5, 0.6) is 0 Å². The molecule has 0 bridgehead atoms. The average Bonchev–Trinajstić information content (AvgIpc) is 3.11. The van der Waals surface area contributed by atoms with Gasteiger partial charge in [-0.1, -0.05) is 44.2 Å². The van der Waals surface area contributed by atoms with E-state index < -0.39 is 0 Å². The Bertz CT molecular complexity index is 897. The van der Waals surface area contributed by atoms with E-state index in [4.69, 9.17) is 0 Å². The summed E-state index contributed by atoms with van der Waals surface area (Å²) in [6.07, 6.45) is 3.91. The number of carbonyl (C=O) groups excluding carboxylic acids is 1. The maximum atomic E-state index is 12.7. The molecule has 3 rings (SSSR count). The van der Waals surface area contributed by atoms with Crippen molar-refractivity contribution >= 4 is 28.7 Å². The lowest BCUT2D eigenvalue weighted by atomic mass is 10.1. The van der Waals surface area contributed by atoms with Crippen LogP contribution in [0.2, 0.25) is 0 Å². The molecule has 28 heavy (non-hydrogen) atoms. The number of pyridine rings is 1. The van der Waals surface area contributed by atoms with Crippen molar-refractivity contribution in [3.8, 4) is 11.1 Å². The normalized spacial score (nSPS) is 10.7. The van der Waals surface area contributed by atoms with Crippen molar-refractivity contribution in [2.75, 3.05) is 23.3 Å². The Hall–Kier alpha value is -2.66. The van der Waals surface area contributed by atoms with Gasteiger partial charge in [0.2, 0.25) is 0 Å². The molecule has 1 N–H and O–H groups in total. The molecule has 0 atom stereocenters. The third kappa shape index (κ3) is 4.78. The van der Waals surface area contributed by atoms with Crippen LogP contribution in [0, 0.1) is 6.92 Å². The van der Waals surface area contributed by atoms with Crippen LogP contribution < -0.4 is 10.2 Å². The molecule has 0 radical (unpaired) electrons. The molecule has 0 saturated carbocycles. The molecule has 1 amide bonds. The highest BCUT2D eigenvalue weighted by Gasteiger charge is 2.14. The molecule has 0 aliphatic heterocycles. The molecule has 0 fully saturated rings. The van der Waals surface area contributed by atoms with Crippen molar-refractivity contribution in [1.82, 2.24) is 4.98 Å². The van der Waals surface area contributed by atoms with Crippen LogP contribution >= 0.6 is 11.3 Å². The Morgan fingerprint density at radius 3 is 2.39 bits per heavy atom. The highest BCUT2D eigenvalue weighted by atomic mass is 32.1. The lowest BCUT2D eigenvalue weighted by molar-refractivity contribution is 0.103. The Balaban J connectivity index is 1.71. The second-order valence-corrected chi connectivity index (χ2v) is 8.05. The van der Waals surface area contributed by atoms with Crippen LogP contribution in [-0.4, -0.2) is 24.0 Å². The van der Waals surface area contributed by atoms with Crippen molar-refractivity contribution in [3.63, 3.8) is 0 Å². The minimum atomic E-state index is -0.0937. The Kier molecular flexibility index (Phi) is 6.82. The molecular weight excluding hydrogens is 366 g/mol. The molecule has 5 heteroatoms. The number of rotatable bonds is 8. The number of amides is 1. The van der Waals surface area contributed by atoms with Gasteiger partial charge in [-0.3, -0.25) is 4.79 Å². The van der Waals surface area contributed by atoms with E-state index in [-0.39, 0.29) is 5.91 Å². The van der Waals surface area contributed by atoms with Crippen molar-refractivity contribution < 1.29 is 4.79 Å². The summed E-state index contributed by atoms with van der Waals surface area (Å²) in [5, 5.41) is 2.97. The second kappa shape index (κ2) is 9.51. The summed E-state index contributed by atoms with van der Waals surface area (Å²) in [5.74, 6) is 0.865. The number of benzene rings is 1. The van der Waals surface area contributed by atoms with E-state index >= 15 is 0 Å². The standard InChI is InChI=1S/C23H27N3OS/c1-4-13-26(14-5-2)22-12-11-19(16-24-22)25-23(27)21-15-20(17(3)28-21)18-9-7-6-8-10-18/h6-12,15-16H,4-5,13-14H2,1-3H3,(H,25,27). The van der Waals surface area contributed by atoms with Crippen LogP contribution in [0.4, 0.5) is 11.5 Å². The number of anilines is 2. The predicted molar refractivity (Wildman–Crippen MR) is 119 cm³/mol. The summed E-state index contributed by atoms with van der Waals surface area (Å²) in [7, 11) is 0. The molecule has 1 aromatic carbocycles. The van der Waals surface area contributed by atoms with Crippen molar-refractivity contribution in [2.24, 2.45) is 0 Å². The van der Waals surface area contributed by atoms with Crippen molar-refractivity contribution in [3.05, 3.63) is 64.5 Å². The third-order valence-corrected chi connectivity index (χ3v) is 5.59. The molecule has 4 nitrogen and oxygen atoms in total. The predicted octanol–water partition coefficient (Wildman–Crippen LogP) is 6.00. The number of hydrogen-bond donors (Lipinski definition) is 1. The zero-order chi connectivity index (χ0) is 19.9. The first-order chi connectivity index (χ1) is 13.6. The summed E-state index contributed by atoms with van der Waals surface area (Å²) >= 11 is 1.52. The highest BCUT2D eigenvalue weighted by Crippen LogP contribution is 2.31. The second-order valence-electron chi connectivity index (χ2n) is 6.79. The van der Waals surface area contributed by atoms with E-state index in [9.17, 15) is 4.79 Å². The fourth-order valence-corrected chi connectivity index (χ4v) is 4.16. The van der Waals surface area contributed by atoms with Crippen molar-refractivity contribution in [2.45, 2.75) is 33.6 Å². The lowest BCUT2D eigenvalue weighted by Gasteiger charge is -2.22. The number of hydrogen-bond acceptors (Lipinski definition) is 4. The van der Waals surface area contributed by atoms with Crippen LogP contribution in [0.15, 0.2) is 54.7 Å². The number of nitrogens with zero attached hydrogens (tertiary/aromatic N) is 2. The Morgan fingerprint density at radius 2 is 1.79 bits per heavy atom. The first kappa shape index (κ1) is 20.1. The molecule has 2 aromatic heterocycles. The van der Waals surface area contributed by atoms with Gasteiger partial charge < -0.3 is 10.2 Å². The van der Waals surface area contributed by atoms with Gasteiger partial charge in [0.1, 0.15) is 5.82 Å². The van der Waals surface area contributed by atoms with E-state index in [1.54, 1.807) is 6.20 Å². The molecule has 0 saturated heterocycles. The number of aromatic nitrogens is 1. The summed E-state index contributed by atoms with van der Waals surface area (Å²) in [4.78, 5) is 21.4. The van der Waals surface area contributed by atoms with Gasteiger partial charge in [-0.25, -0.2) is 4.98 Å². The summed E-state index contributed by atoms with van der Waals surface area (Å²) < 4.78 is 0. The molecular formula is C23H27N3OS. The molecule has 3 aromatic rings. The maximum Gasteiger partial charge on any atom is 0.265 e. The maximum absolute atomic E-state index is 12.7. The van der Waals surface area contributed by atoms with Gasteiger partial charge in [0.15, 0.2) is 0 Å². The van der Waals surface area contributed by atoms with E-state index in [1.165, 1.54) is 11.3 Å². The zero-order valence-electron chi connectivity index (χ0n) is 16.7. The summed E-state index contributed by atoms with van der Waals surface area (Å²) in [6.45, 7) is 8.37. The van der Waals surface area contributed by atoms with Gasteiger partial charge >= 0.3 is 0 Å². The van der Waals surface area contributed by atoms with Gasteiger partial charge in [0.25, 0.3) is 5.91 Å². The average molecular weight is 394 g/mol. The molecule has 0 unspecified atom stereocenters. The fourth-order valence-electron chi connectivity index (χ4n) is 3.22. The zero-order valence-corrected chi connectivity index (χ0v) is 17.6. The third-order valence-electron chi connectivity index (χ3n) is 4.54. The molecule has 0 aliphatic rings. The van der Waals surface area contributed by atoms with Crippen LogP contribution in [0.1, 0.15) is 41.2 Å². The van der Waals surface area contributed by atoms with E-state index in [0.717, 1.165) is 47.8 Å². The van der Waals surface area contributed by atoms with Gasteiger partial charge in [-0.15, -0.1) is 11.3 Å². The van der Waals surface area contributed by atoms with Gasteiger partial charge in [-0.05, 0) is 49.1 Å². The molecule has 0 spiro atoms. The molecule has 2 heterocycles. The minimum absolute atomic E-state index is 0.0937. The number of carbonyl (C=O) groups is 1. The lowest BCUT2D eigenvalue weighted by Crippen LogP contribution is -2.25. The topological polar surface area (TPSA) is 45.2 Å². The van der Waals surface area contributed by atoms with E-state index in [0.29, 0.717) is 10.6 Å². The SMILES string of the molecule is CCCN(CCC)c1ccc(NC(=O)c2cc(-c3ccccc3)c(C)s2)cn1. The van der Waals surface area contributed by atoms with Gasteiger partial charge in [0, 0.05) is 18.0 Å². The minimum Gasteiger partial charge on any atom is -0.357 e. The van der Waals surface area contributed by atoms with Crippen LogP contribution in [0.3, 0.4) is 0 Å². The van der Waals surface area contributed by atoms with Gasteiger partial charge in [-0.2, -0.15) is 0 Å². The molecule has 0 aliphatic carbocycles. The fraction of sp³-hybridized carbons (Fsp3) is 0.304. The smallest absolute Gasteiger partial charge is 0.265 e. The van der Waals surface area contributed by atoms with Crippen LogP contribution in [0.25, 0.3) is 11.1 Å². The van der Waals surface area contributed by atoms with E-state index in [1.807, 2.05) is 36.4 Å². The van der Waals surface area contributed by atoms with Crippen LogP contribution in [-0.2, 0) is 0 Å². The summed E-state index contributed by atoms with van der Waals surface area (Å²) in [5.41, 5.74) is 2.96. The molecule has 146 valence electrons. The first-order valence-corrected chi connectivity index (χ1v) is 10.6. The number of aryl methyl sites for hydroxylation is 1. The monoisotopic (exact) mass is 393 g/mol. The number of thiophene rings is 1. The van der Waals surface area contributed by atoms with Crippen molar-refractivity contribution in [1.29, 1.82) is 0 Å². The van der Waals surface area contributed by atoms with E-state index in [2.05, 4.69) is 48.1 Å². The number of nitrogens with one attached hydrogen (secondary N) is 1. The Morgan fingerprint density at radius 1 is 1.07 bits per heavy atom. The van der Waals surface area contributed by atoms with Gasteiger partial charge in [0.05, 0.1) is 16.8 Å². The quantitative estimate of drug-likeness (QED) is 0.511. The highest BCUT2D eigenvalue weighted by molar-refractivity contribution is 7.14.